The molecule has 6 heteroatoms. The number of hydrogen-bond acceptors (Lipinski definition) is 3. The number of benzene rings is 2. The van der Waals surface area contributed by atoms with Crippen molar-refractivity contribution in [3.8, 4) is 0 Å². The van der Waals surface area contributed by atoms with E-state index >= 15 is 0 Å². The van der Waals surface area contributed by atoms with E-state index in [4.69, 9.17) is 0 Å². The van der Waals surface area contributed by atoms with E-state index < -0.39 is 10.0 Å². The molecule has 0 saturated carbocycles. The first-order chi connectivity index (χ1) is 11.4. The van der Waals surface area contributed by atoms with Gasteiger partial charge in [0, 0.05) is 18.2 Å². The van der Waals surface area contributed by atoms with Gasteiger partial charge in [0.2, 0.25) is 10.0 Å². The molecule has 0 bridgehead atoms. The predicted molar refractivity (Wildman–Crippen MR) is 94.1 cm³/mol. The second kappa shape index (κ2) is 8.08. The molecule has 1 atom stereocenters. The molecule has 0 aliphatic rings. The molecule has 0 aliphatic carbocycles. The number of sulfonamides is 1. The second-order valence-corrected chi connectivity index (χ2v) is 7.38. The van der Waals surface area contributed by atoms with Gasteiger partial charge in [0.1, 0.15) is 0 Å². The molecule has 2 aromatic rings. The highest BCUT2D eigenvalue weighted by molar-refractivity contribution is 7.89. The summed E-state index contributed by atoms with van der Waals surface area (Å²) in [4.78, 5) is 12.1. The van der Waals surface area contributed by atoms with E-state index in [0.717, 1.165) is 12.0 Å². The van der Waals surface area contributed by atoms with Gasteiger partial charge in [-0.1, -0.05) is 37.3 Å². The Balaban J connectivity index is 2.04. The quantitative estimate of drug-likeness (QED) is 0.809. The lowest BCUT2D eigenvalue weighted by Crippen LogP contribution is -2.32. The minimum absolute atomic E-state index is 0.0773. The largest absolute Gasteiger partial charge is 0.350 e. The third kappa shape index (κ3) is 4.91. The Kier molecular flexibility index (Phi) is 6.11. The summed E-state index contributed by atoms with van der Waals surface area (Å²) >= 11 is 0. The van der Waals surface area contributed by atoms with Crippen LogP contribution in [-0.4, -0.2) is 20.4 Å². The molecule has 128 valence electrons. The van der Waals surface area contributed by atoms with E-state index in [2.05, 4.69) is 10.0 Å². The van der Waals surface area contributed by atoms with Crippen LogP contribution in [0.15, 0.2) is 59.5 Å². The van der Waals surface area contributed by atoms with Crippen molar-refractivity contribution in [3.63, 3.8) is 0 Å². The fourth-order valence-corrected chi connectivity index (χ4v) is 3.07. The highest BCUT2D eigenvalue weighted by atomic mass is 32.2. The normalized spacial score (nSPS) is 12.6. The summed E-state index contributed by atoms with van der Waals surface area (Å²) < 4.78 is 27.2. The van der Waals surface area contributed by atoms with Crippen molar-refractivity contribution >= 4 is 15.9 Å². The van der Waals surface area contributed by atoms with Gasteiger partial charge in [-0.25, -0.2) is 13.1 Å². The third-order valence-corrected chi connectivity index (χ3v) is 5.14. The van der Waals surface area contributed by atoms with Gasteiger partial charge in [0.05, 0.1) is 4.90 Å². The molecule has 0 fully saturated rings. The molecule has 0 aliphatic heterocycles. The summed E-state index contributed by atoms with van der Waals surface area (Å²) in [6.45, 7) is 4.13. The molecule has 24 heavy (non-hydrogen) atoms. The van der Waals surface area contributed by atoms with E-state index in [-0.39, 0.29) is 23.4 Å². The highest BCUT2D eigenvalue weighted by Crippen LogP contribution is 2.12. The standard InChI is InChI=1S/C18H22N2O3S/c1-3-14(2)20-18(21)16-9-11-17(12-10-16)24(22,23)19-13-15-7-5-4-6-8-15/h4-12,14,19H,3,13H2,1-2H3,(H,20,21). The van der Waals surface area contributed by atoms with Gasteiger partial charge >= 0.3 is 0 Å². The molecule has 5 nitrogen and oxygen atoms in total. The van der Waals surface area contributed by atoms with E-state index in [1.165, 1.54) is 24.3 Å². The molecule has 1 unspecified atom stereocenters. The molecule has 0 aromatic heterocycles. The van der Waals surface area contributed by atoms with Crippen LogP contribution in [0.4, 0.5) is 0 Å². The van der Waals surface area contributed by atoms with Crippen molar-refractivity contribution in [3.05, 3.63) is 65.7 Å². The first-order valence-electron chi connectivity index (χ1n) is 7.87. The van der Waals surface area contributed by atoms with E-state index in [0.29, 0.717) is 5.56 Å². The Morgan fingerprint density at radius 3 is 2.25 bits per heavy atom. The van der Waals surface area contributed by atoms with Crippen molar-refractivity contribution in [2.75, 3.05) is 0 Å². The summed E-state index contributed by atoms with van der Waals surface area (Å²) in [6, 6.07) is 15.3. The monoisotopic (exact) mass is 346 g/mol. The van der Waals surface area contributed by atoms with Gasteiger partial charge < -0.3 is 5.32 Å². The molecule has 0 spiro atoms. The van der Waals surface area contributed by atoms with Crippen molar-refractivity contribution in [2.24, 2.45) is 0 Å². The van der Waals surface area contributed by atoms with Gasteiger partial charge in [0.25, 0.3) is 5.91 Å². The molecule has 0 heterocycles. The van der Waals surface area contributed by atoms with Crippen molar-refractivity contribution < 1.29 is 13.2 Å². The van der Waals surface area contributed by atoms with Crippen molar-refractivity contribution in [1.29, 1.82) is 0 Å². The third-order valence-electron chi connectivity index (χ3n) is 3.73. The maximum atomic E-state index is 12.3. The molecule has 1 amide bonds. The average molecular weight is 346 g/mol. The van der Waals surface area contributed by atoms with Crippen LogP contribution >= 0.6 is 0 Å². The Labute approximate surface area is 143 Å². The number of carbonyl (C=O) groups excluding carboxylic acids is 1. The molecular formula is C18H22N2O3S. The first-order valence-corrected chi connectivity index (χ1v) is 9.35. The fraction of sp³-hybridized carbons (Fsp3) is 0.278. The second-order valence-electron chi connectivity index (χ2n) is 5.62. The van der Waals surface area contributed by atoms with Crippen LogP contribution in [0, 0.1) is 0 Å². The van der Waals surface area contributed by atoms with Gasteiger partial charge in [-0.15, -0.1) is 0 Å². The molecular weight excluding hydrogens is 324 g/mol. The fourth-order valence-electron chi connectivity index (χ4n) is 2.05. The van der Waals surface area contributed by atoms with Crippen LogP contribution in [-0.2, 0) is 16.6 Å². The van der Waals surface area contributed by atoms with Gasteiger partial charge in [0.15, 0.2) is 0 Å². The molecule has 2 N–H and O–H groups in total. The minimum atomic E-state index is -3.61. The summed E-state index contributed by atoms with van der Waals surface area (Å²) in [7, 11) is -3.61. The first kappa shape index (κ1) is 18.2. The zero-order valence-corrected chi connectivity index (χ0v) is 14.6. The smallest absolute Gasteiger partial charge is 0.251 e. The van der Waals surface area contributed by atoms with Gasteiger partial charge in [-0.3, -0.25) is 4.79 Å². The lowest BCUT2D eigenvalue weighted by molar-refractivity contribution is 0.0939. The summed E-state index contributed by atoms with van der Waals surface area (Å²) in [6.07, 6.45) is 0.835. The predicted octanol–water partition coefficient (Wildman–Crippen LogP) is 2.69. The summed E-state index contributed by atoms with van der Waals surface area (Å²) in [5, 5.41) is 2.85. The number of amides is 1. The van der Waals surface area contributed by atoms with Crippen LogP contribution in [0.25, 0.3) is 0 Å². The van der Waals surface area contributed by atoms with Gasteiger partial charge in [-0.2, -0.15) is 0 Å². The van der Waals surface area contributed by atoms with E-state index in [1.54, 1.807) is 0 Å². The Bertz CT molecular complexity index is 772. The topological polar surface area (TPSA) is 75.3 Å². The van der Waals surface area contributed by atoms with Gasteiger partial charge in [-0.05, 0) is 43.2 Å². The van der Waals surface area contributed by atoms with Crippen LogP contribution < -0.4 is 10.0 Å². The maximum absolute atomic E-state index is 12.3. The minimum Gasteiger partial charge on any atom is -0.350 e. The Morgan fingerprint density at radius 2 is 1.67 bits per heavy atom. The lowest BCUT2D eigenvalue weighted by atomic mass is 10.2. The zero-order valence-electron chi connectivity index (χ0n) is 13.8. The van der Waals surface area contributed by atoms with Crippen LogP contribution in [0.2, 0.25) is 0 Å². The molecule has 2 aromatic carbocycles. The van der Waals surface area contributed by atoms with Crippen LogP contribution in [0.1, 0.15) is 36.2 Å². The van der Waals surface area contributed by atoms with E-state index in [9.17, 15) is 13.2 Å². The van der Waals surface area contributed by atoms with Crippen LogP contribution in [0.3, 0.4) is 0 Å². The van der Waals surface area contributed by atoms with E-state index in [1.807, 2.05) is 44.2 Å². The average Bonchev–Trinajstić information content (AvgIpc) is 2.61. The Hall–Kier alpha value is -2.18. The van der Waals surface area contributed by atoms with Crippen molar-refractivity contribution in [2.45, 2.75) is 37.8 Å². The summed E-state index contributed by atoms with van der Waals surface area (Å²) in [5.74, 6) is -0.203. The Morgan fingerprint density at radius 1 is 1.04 bits per heavy atom. The highest BCUT2D eigenvalue weighted by Gasteiger charge is 2.15. The number of carbonyl (C=O) groups is 1. The lowest BCUT2D eigenvalue weighted by Gasteiger charge is -2.12. The molecule has 2 rings (SSSR count). The SMILES string of the molecule is CCC(C)NC(=O)c1ccc(S(=O)(=O)NCc2ccccc2)cc1. The molecule has 0 radical (unpaired) electrons. The number of hydrogen-bond donors (Lipinski definition) is 2. The number of rotatable bonds is 7. The molecule has 0 saturated heterocycles. The zero-order chi connectivity index (χ0) is 17.6. The summed E-state index contributed by atoms with van der Waals surface area (Å²) in [5.41, 5.74) is 1.32. The maximum Gasteiger partial charge on any atom is 0.251 e. The van der Waals surface area contributed by atoms with Crippen molar-refractivity contribution in [1.82, 2.24) is 10.0 Å². The number of nitrogens with one attached hydrogen (secondary N) is 2. The van der Waals surface area contributed by atoms with Crippen LogP contribution in [0.5, 0.6) is 0 Å².